The van der Waals surface area contributed by atoms with Crippen LogP contribution in [0, 0.1) is 40.1 Å². The highest BCUT2D eigenvalue weighted by atomic mass is 19.1. The predicted molar refractivity (Wildman–Crippen MR) is 140 cm³/mol. The van der Waals surface area contributed by atoms with Crippen molar-refractivity contribution < 1.29 is 22.6 Å². The second-order valence-corrected chi connectivity index (χ2v) is 9.91. The molecule has 0 aliphatic heterocycles. The molecule has 0 fully saturated rings. The maximum atomic E-state index is 15.1. The van der Waals surface area contributed by atoms with Crippen molar-refractivity contribution in [1.29, 1.82) is 10.8 Å². The SMILES string of the molecule is CC(C)CC(=N)c1ccc(OCc2cccc(COc3ccc(C(=N)CC(C)C)cc3F)c2F)c(F)c1. The standard InChI is InChI=1S/C30H33F3N2O2/c1-18(2)12-26(34)20-8-10-28(24(31)14-20)36-16-22-6-5-7-23(30(22)33)17-37-29-11-9-21(15-25(29)32)27(35)13-19(3)4/h5-11,14-15,18-19,34-35H,12-13,16-17H2,1-4H3. The number of hydrogen-bond donors (Lipinski definition) is 2. The summed E-state index contributed by atoms with van der Waals surface area (Å²) < 4.78 is 55.1. The van der Waals surface area contributed by atoms with Crippen LogP contribution in [0.25, 0.3) is 0 Å². The molecule has 196 valence electrons. The maximum absolute atomic E-state index is 15.1. The fourth-order valence-corrected chi connectivity index (χ4v) is 3.83. The first kappa shape index (κ1) is 28.0. The van der Waals surface area contributed by atoms with Gasteiger partial charge in [-0.05, 0) is 72.2 Å². The van der Waals surface area contributed by atoms with Crippen LogP contribution in [0.3, 0.4) is 0 Å². The van der Waals surface area contributed by atoms with E-state index in [1.165, 1.54) is 36.4 Å². The Morgan fingerprint density at radius 3 is 1.43 bits per heavy atom. The van der Waals surface area contributed by atoms with Gasteiger partial charge in [-0.25, -0.2) is 13.2 Å². The van der Waals surface area contributed by atoms with E-state index in [9.17, 15) is 8.78 Å². The van der Waals surface area contributed by atoms with E-state index in [1.54, 1.807) is 18.2 Å². The molecule has 3 aromatic rings. The van der Waals surface area contributed by atoms with Crippen molar-refractivity contribution in [3.63, 3.8) is 0 Å². The van der Waals surface area contributed by atoms with Gasteiger partial charge in [0.25, 0.3) is 0 Å². The van der Waals surface area contributed by atoms with Crippen molar-refractivity contribution in [1.82, 2.24) is 0 Å². The Hall–Kier alpha value is -3.61. The second kappa shape index (κ2) is 12.6. The van der Waals surface area contributed by atoms with Gasteiger partial charge in [-0.2, -0.15) is 0 Å². The van der Waals surface area contributed by atoms with Crippen LogP contribution in [-0.2, 0) is 13.2 Å². The third-order valence-electron chi connectivity index (χ3n) is 5.71. The number of halogens is 3. The highest BCUT2D eigenvalue weighted by molar-refractivity contribution is 5.98. The van der Waals surface area contributed by atoms with E-state index in [2.05, 4.69) is 0 Å². The minimum Gasteiger partial charge on any atom is -0.486 e. The van der Waals surface area contributed by atoms with Gasteiger partial charge >= 0.3 is 0 Å². The van der Waals surface area contributed by atoms with E-state index in [0.29, 0.717) is 35.4 Å². The third-order valence-corrected chi connectivity index (χ3v) is 5.71. The van der Waals surface area contributed by atoms with E-state index < -0.39 is 17.5 Å². The van der Waals surface area contributed by atoms with Crippen LogP contribution >= 0.6 is 0 Å². The largest absolute Gasteiger partial charge is 0.486 e. The molecule has 7 heteroatoms. The minimum absolute atomic E-state index is 0.0349. The Kier molecular flexibility index (Phi) is 9.50. The Morgan fingerprint density at radius 1 is 0.676 bits per heavy atom. The van der Waals surface area contributed by atoms with Crippen LogP contribution in [0.15, 0.2) is 54.6 Å². The van der Waals surface area contributed by atoms with Crippen LogP contribution in [0.2, 0.25) is 0 Å². The summed E-state index contributed by atoms with van der Waals surface area (Å²) in [6, 6.07) is 13.3. The topological polar surface area (TPSA) is 66.2 Å². The second-order valence-electron chi connectivity index (χ2n) is 9.91. The van der Waals surface area contributed by atoms with Gasteiger partial charge in [0.1, 0.15) is 19.0 Å². The van der Waals surface area contributed by atoms with Gasteiger partial charge in [0.15, 0.2) is 23.1 Å². The van der Waals surface area contributed by atoms with E-state index >= 15 is 4.39 Å². The number of benzene rings is 3. The van der Waals surface area contributed by atoms with E-state index in [4.69, 9.17) is 20.3 Å². The minimum atomic E-state index is -0.619. The Morgan fingerprint density at radius 2 is 1.08 bits per heavy atom. The summed E-state index contributed by atoms with van der Waals surface area (Å²) in [5.74, 6) is -1.32. The van der Waals surface area contributed by atoms with E-state index in [1.807, 2.05) is 27.7 Å². The Balaban J connectivity index is 1.64. The third kappa shape index (κ3) is 7.68. The molecule has 0 atom stereocenters. The lowest BCUT2D eigenvalue weighted by molar-refractivity contribution is 0.274. The summed E-state index contributed by atoms with van der Waals surface area (Å²) in [6.07, 6.45) is 1.07. The first-order valence-corrected chi connectivity index (χ1v) is 12.3. The summed E-state index contributed by atoms with van der Waals surface area (Å²) in [7, 11) is 0. The zero-order valence-corrected chi connectivity index (χ0v) is 21.6. The number of rotatable bonds is 12. The van der Waals surface area contributed by atoms with Crippen molar-refractivity contribution in [3.05, 3.63) is 94.3 Å². The summed E-state index contributed by atoms with van der Waals surface area (Å²) in [5.41, 5.74) is 2.07. The molecule has 0 spiro atoms. The normalized spacial score (nSPS) is 11.2. The molecule has 0 bridgehead atoms. The quantitative estimate of drug-likeness (QED) is 0.242. The molecule has 0 amide bonds. The van der Waals surface area contributed by atoms with Crippen molar-refractivity contribution in [2.75, 3.05) is 0 Å². The van der Waals surface area contributed by atoms with Gasteiger partial charge in [0.2, 0.25) is 0 Å². The van der Waals surface area contributed by atoms with Gasteiger partial charge in [-0.1, -0.05) is 45.9 Å². The van der Waals surface area contributed by atoms with Gasteiger partial charge < -0.3 is 20.3 Å². The van der Waals surface area contributed by atoms with Gasteiger partial charge in [0.05, 0.1) is 0 Å². The fraction of sp³-hybridized carbons (Fsp3) is 0.333. The summed E-state index contributed by atoms with van der Waals surface area (Å²) in [5, 5.41) is 16.2. The molecule has 37 heavy (non-hydrogen) atoms. The molecule has 0 radical (unpaired) electrons. The summed E-state index contributed by atoms with van der Waals surface area (Å²) in [6.45, 7) is 7.54. The monoisotopic (exact) mass is 510 g/mol. The fourth-order valence-electron chi connectivity index (χ4n) is 3.83. The van der Waals surface area contributed by atoms with E-state index in [0.717, 1.165) is 0 Å². The Labute approximate surface area is 216 Å². The molecule has 0 heterocycles. The number of hydrogen-bond acceptors (Lipinski definition) is 4. The van der Waals surface area contributed by atoms with Gasteiger partial charge in [-0.3, -0.25) is 0 Å². The van der Waals surface area contributed by atoms with Gasteiger partial charge in [0, 0.05) is 22.6 Å². The summed E-state index contributed by atoms with van der Waals surface area (Å²) in [4.78, 5) is 0. The molecular formula is C30H33F3N2O2. The molecule has 0 unspecified atom stereocenters. The molecule has 2 N–H and O–H groups in total. The average Bonchev–Trinajstić information content (AvgIpc) is 2.83. The van der Waals surface area contributed by atoms with Crippen molar-refractivity contribution >= 4 is 11.4 Å². The van der Waals surface area contributed by atoms with Crippen molar-refractivity contribution in [3.8, 4) is 11.5 Å². The zero-order chi connectivity index (χ0) is 27.1. The van der Waals surface area contributed by atoms with Crippen molar-refractivity contribution in [2.24, 2.45) is 11.8 Å². The molecule has 0 aliphatic carbocycles. The highest BCUT2D eigenvalue weighted by Crippen LogP contribution is 2.25. The number of nitrogens with one attached hydrogen (secondary N) is 2. The molecule has 4 nitrogen and oxygen atoms in total. The molecule has 0 saturated heterocycles. The van der Waals surface area contributed by atoms with Crippen LogP contribution < -0.4 is 9.47 Å². The first-order valence-electron chi connectivity index (χ1n) is 12.3. The molecule has 0 saturated carbocycles. The number of ether oxygens (including phenoxy) is 2. The van der Waals surface area contributed by atoms with Crippen molar-refractivity contribution in [2.45, 2.75) is 53.8 Å². The average molecular weight is 511 g/mol. The van der Waals surface area contributed by atoms with E-state index in [-0.39, 0.29) is 47.7 Å². The van der Waals surface area contributed by atoms with Crippen LogP contribution in [-0.4, -0.2) is 11.4 Å². The predicted octanol–water partition coefficient (Wildman–Crippen LogP) is 8.09. The molecule has 3 rings (SSSR count). The highest BCUT2D eigenvalue weighted by Gasteiger charge is 2.14. The molecular weight excluding hydrogens is 477 g/mol. The lowest BCUT2D eigenvalue weighted by Crippen LogP contribution is -2.07. The van der Waals surface area contributed by atoms with Gasteiger partial charge in [-0.15, -0.1) is 0 Å². The first-order chi connectivity index (χ1) is 17.5. The lowest BCUT2D eigenvalue weighted by Gasteiger charge is -2.13. The maximum Gasteiger partial charge on any atom is 0.165 e. The molecule has 0 aromatic heterocycles. The smallest absolute Gasteiger partial charge is 0.165 e. The van der Waals surface area contributed by atoms with Crippen LogP contribution in [0.5, 0.6) is 11.5 Å². The lowest BCUT2D eigenvalue weighted by atomic mass is 10.0. The summed E-state index contributed by atoms with van der Waals surface area (Å²) >= 11 is 0. The Bertz CT molecular complexity index is 1180. The molecule has 0 aliphatic rings. The van der Waals surface area contributed by atoms with Crippen LogP contribution in [0.1, 0.15) is 62.8 Å². The zero-order valence-electron chi connectivity index (χ0n) is 21.6. The molecule has 3 aromatic carbocycles. The van der Waals surface area contributed by atoms with Crippen LogP contribution in [0.4, 0.5) is 13.2 Å².